The smallest absolute Gasteiger partial charge is 0.230 e. The minimum atomic E-state index is 0.194. The van der Waals surface area contributed by atoms with Crippen LogP contribution in [0.3, 0.4) is 0 Å². The Bertz CT molecular complexity index is 463. The number of amides is 1. The van der Waals surface area contributed by atoms with Gasteiger partial charge >= 0.3 is 0 Å². The lowest BCUT2D eigenvalue weighted by atomic mass is 9.80. The van der Waals surface area contributed by atoms with E-state index >= 15 is 0 Å². The molecule has 0 spiro atoms. The van der Waals surface area contributed by atoms with Crippen LogP contribution in [-0.4, -0.2) is 29.1 Å². The van der Waals surface area contributed by atoms with E-state index < -0.39 is 0 Å². The van der Waals surface area contributed by atoms with E-state index in [9.17, 15) is 4.79 Å². The molecule has 1 saturated carbocycles. The maximum Gasteiger partial charge on any atom is 0.230 e. The molecule has 1 aromatic heterocycles. The summed E-state index contributed by atoms with van der Waals surface area (Å²) in [5.41, 5.74) is 0.842. The molecule has 1 aromatic rings. The second kappa shape index (κ2) is 5.98. The van der Waals surface area contributed by atoms with Crippen LogP contribution >= 0.6 is 0 Å². The molecule has 1 atom stereocenters. The highest BCUT2D eigenvalue weighted by Gasteiger charge is 2.32. The predicted octanol–water partition coefficient (Wildman–Crippen LogP) is 2.95. The number of aryl methyl sites for hydroxylation is 1. The Balaban J connectivity index is 1.52. The molecule has 3 rings (SSSR count). The third-order valence-electron chi connectivity index (χ3n) is 4.90. The van der Waals surface area contributed by atoms with Crippen LogP contribution in [0.15, 0.2) is 10.6 Å². The van der Waals surface area contributed by atoms with Gasteiger partial charge in [-0.25, -0.2) is 0 Å². The summed E-state index contributed by atoms with van der Waals surface area (Å²) >= 11 is 0. The van der Waals surface area contributed by atoms with Crippen molar-refractivity contribution in [2.75, 3.05) is 13.1 Å². The van der Waals surface area contributed by atoms with Gasteiger partial charge in [-0.05, 0) is 25.2 Å². The van der Waals surface area contributed by atoms with Gasteiger partial charge in [-0.3, -0.25) is 4.79 Å². The zero-order chi connectivity index (χ0) is 13.9. The van der Waals surface area contributed by atoms with Crippen molar-refractivity contribution < 1.29 is 9.32 Å². The highest BCUT2D eigenvalue weighted by molar-refractivity contribution is 5.78. The summed E-state index contributed by atoms with van der Waals surface area (Å²) in [6.45, 7) is 3.76. The minimum Gasteiger partial charge on any atom is -0.361 e. The fourth-order valence-corrected chi connectivity index (χ4v) is 3.76. The van der Waals surface area contributed by atoms with E-state index in [2.05, 4.69) is 5.16 Å². The molecule has 0 radical (unpaired) electrons. The monoisotopic (exact) mass is 276 g/mol. The molecule has 0 unspecified atom stereocenters. The summed E-state index contributed by atoms with van der Waals surface area (Å²) < 4.78 is 5.14. The molecule has 4 heteroatoms. The number of hydrogen-bond acceptors (Lipinski definition) is 3. The van der Waals surface area contributed by atoms with Crippen molar-refractivity contribution in [1.29, 1.82) is 0 Å². The van der Waals surface area contributed by atoms with E-state index in [1.807, 2.05) is 17.9 Å². The molecular weight excluding hydrogens is 252 g/mol. The van der Waals surface area contributed by atoms with Gasteiger partial charge in [-0.15, -0.1) is 0 Å². The minimum absolute atomic E-state index is 0.194. The molecule has 20 heavy (non-hydrogen) atoms. The second-order valence-electron chi connectivity index (χ2n) is 6.40. The quantitative estimate of drug-likeness (QED) is 0.852. The first-order valence-electron chi connectivity index (χ1n) is 7.92. The largest absolute Gasteiger partial charge is 0.361 e. The standard InChI is InChI=1S/C16H24N2O2/c1-12-9-15(20-17-12)10-16(19)18-8-7-14(11-18)13-5-3-2-4-6-13/h9,13-14H,2-8,10-11H2,1H3/t14-/m1/s1. The first-order chi connectivity index (χ1) is 9.72. The first kappa shape index (κ1) is 13.7. The second-order valence-corrected chi connectivity index (χ2v) is 6.40. The van der Waals surface area contributed by atoms with Crippen LogP contribution in [0.5, 0.6) is 0 Å². The van der Waals surface area contributed by atoms with Gasteiger partial charge < -0.3 is 9.42 Å². The van der Waals surface area contributed by atoms with Crippen LogP contribution < -0.4 is 0 Å². The van der Waals surface area contributed by atoms with Crippen molar-refractivity contribution in [2.24, 2.45) is 11.8 Å². The average Bonchev–Trinajstić information content (AvgIpc) is 3.09. The lowest BCUT2D eigenvalue weighted by molar-refractivity contribution is -0.129. The maximum atomic E-state index is 12.3. The fourth-order valence-electron chi connectivity index (χ4n) is 3.76. The lowest BCUT2D eigenvalue weighted by Crippen LogP contribution is -2.31. The molecule has 2 heterocycles. The molecule has 2 aliphatic rings. The Labute approximate surface area is 120 Å². The first-order valence-corrected chi connectivity index (χ1v) is 7.92. The highest BCUT2D eigenvalue weighted by atomic mass is 16.5. The summed E-state index contributed by atoms with van der Waals surface area (Å²) in [5, 5.41) is 3.84. The summed E-state index contributed by atoms with van der Waals surface area (Å²) in [7, 11) is 0. The number of hydrogen-bond donors (Lipinski definition) is 0. The molecule has 2 fully saturated rings. The SMILES string of the molecule is Cc1cc(CC(=O)N2CC[C@@H](C3CCCCC3)C2)on1. The zero-order valence-corrected chi connectivity index (χ0v) is 12.3. The Hall–Kier alpha value is -1.32. The van der Waals surface area contributed by atoms with Gasteiger partial charge in [0.05, 0.1) is 12.1 Å². The summed E-state index contributed by atoms with van der Waals surface area (Å²) in [6.07, 6.45) is 8.45. The molecule has 110 valence electrons. The average molecular weight is 276 g/mol. The van der Waals surface area contributed by atoms with E-state index in [1.54, 1.807) is 0 Å². The van der Waals surface area contributed by atoms with Gasteiger partial charge in [0.2, 0.25) is 5.91 Å². The van der Waals surface area contributed by atoms with E-state index in [4.69, 9.17) is 4.52 Å². The van der Waals surface area contributed by atoms with E-state index in [0.29, 0.717) is 12.2 Å². The van der Waals surface area contributed by atoms with Crippen LogP contribution in [0.4, 0.5) is 0 Å². The molecule has 1 aliphatic carbocycles. The van der Waals surface area contributed by atoms with Crippen molar-refractivity contribution in [3.05, 3.63) is 17.5 Å². The number of nitrogens with zero attached hydrogens (tertiary/aromatic N) is 2. The van der Waals surface area contributed by atoms with Crippen LogP contribution in [0.1, 0.15) is 50.0 Å². The van der Waals surface area contributed by atoms with Crippen LogP contribution in [0.2, 0.25) is 0 Å². The van der Waals surface area contributed by atoms with Crippen LogP contribution in [0.25, 0.3) is 0 Å². The number of carbonyl (C=O) groups is 1. The summed E-state index contributed by atoms with van der Waals surface area (Å²) in [5.74, 6) is 2.47. The topological polar surface area (TPSA) is 46.3 Å². The van der Waals surface area contributed by atoms with Gasteiger partial charge in [-0.1, -0.05) is 37.3 Å². The van der Waals surface area contributed by atoms with Crippen LogP contribution in [0, 0.1) is 18.8 Å². The van der Waals surface area contributed by atoms with Crippen molar-refractivity contribution in [1.82, 2.24) is 10.1 Å². The Morgan fingerprint density at radius 3 is 2.80 bits per heavy atom. The number of rotatable bonds is 3. The van der Waals surface area contributed by atoms with Gasteiger partial charge in [0.1, 0.15) is 5.76 Å². The van der Waals surface area contributed by atoms with Crippen molar-refractivity contribution in [3.63, 3.8) is 0 Å². The molecule has 1 amide bonds. The van der Waals surface area contributed by atoms with E-state index in [-0.39, 0.29) is 5.91 Å². The van der Waals surface area contributed by atoms with Crippen LogP contribution in [-0.2, 0) is 11.2 Å². The van der Waals surface area contributed by atoms with E-state index in [0.717, 1.165) is 30.6 Å². The Kier molecular flexibility index (Phi) is 4.08. The number of aromatic nitrogens is 1. The van der Waals surface area contributed by atoms with Gasteiger partial charge in [0, 0.05) is 19.2 Å². The number of carbonyl (C=O) groups excluding carboxylic acids is 1. The fraction of sp³-hybridized carbons (Fsp3) is 0.750. The Morgan fingerprint density at radius 2 is 2.10 bits per heavy atom. The zero-order valence-electron chi connectivity index (χ0n) is 12.3. The lowest BCUT2D eigenvalue weighted by Gasteiger charge is -2.27. The van der Waals surface area contributed by atoms with Gasteiger partial charge in [-0.2, -0.15) is 0 Å². The normalized spacial score (nSPS) is 24.2. The molecule has 1 aliphatic heterocycles. The maximum absolute atomic E-state index is 12.3. The van der Waals surface area contributed by atoms with Gasteiger partial charge in [0.25, 0.3) is 0 Å². The van der Waals surface area contributed by atoms with Crippen molar-refractivity contribution >= 4 is 5.91 Å². The number of likely N-dealkylation sites (tertiary alicyclic amines) is 1. The molecule has 0 N–H and O–H groups in total. The summed E-state index contributed by atoms with van der Waals surface area (Å²) in [6, 6.07) is 1.85. The molecule has 0 aromatic carbocycles. The third kappa shape index (κ3) is 3.05. The predicted molar refractivity (Wildman–Crippen MR) is 76.2 cm³/mol. The van der Waals surface area contributed by atoms with E-state index in [1.165, 1.54) is 38.5 Å². The highest BCUT2D eigenvalue weighted by Crippen LogP contribution is 2.35. The summed E-state index contributed by atoms with van der Waals surface area (Å²) in [4.78, 5) is 14.3. The molecular formula is C16H24N2O2. The third-order valence-corrected chi connectivity index (χ3v) is 4.90. The van der Waals surface area contributed by atoms with Crippen molar-refractivity contribution in [2.45, 2.75) is 51.9 Å². The molecule has 1 saturated heterocycles. The van der Waals surface area contributed by atoms with Gasteiger partial charge in [0.15, 0.2) is 0 Å². The molecule has 0 bridgehead atoms. The molecule has 4 nitrogen and oxygen atoms in total. The van der Waals surface area contributed by atoms with Crippen molar-refractivity contribution in [3.8, 4) is 0 Å². The Morgan fingerprint density at radius 1 is 1.30 bits per heavy atom.